The monoisotopic (exact) mass is 359 g/mol. The maximum atomic E-state index is 12.6. The third kappa shape index (κ3) is 3.56. The molecule has 0 unspecified atom stereocenters. The van der Waals surface area contributed by atoms with Crippen LogP contribution in [0.2, 0.25) is 0 Å². The van der Waals surface area contributed by atoms with Crippen LogP contribution in [0.25, 0.3) is 10.8 Å². The predicted molar refractivity (Wildman–Crippen MR) is 106 cm³/mol. The van der Waals surface area contributed by atoms with Crippen molar-refractivity contribution in [2.75, 3.05) is 11.4 Å². The largest absolute Gasteiger partial charge is 0.426 e. The lowest BCUT2D eigenvalue weighted by Crippen LogP contribution is -2.27. The molecule has 0 N–H and O–H groups in total. The van der Waals surface area contributed by atoms with Crippen LogP contribution in [0.4, 0.5) is 5.69 Å². The first-order valence-electron chi connectivity index (χ1n) is 9.09. The fourth-order valence-corrected chi connectivity index (χ4v) is 3.65. The first kappa shape index (κ1) is 17.3. The van der Waals surface area contributed by atoms with Gasteiger partial charge in [-0.2, -0.15) is 0 Å². The fraction of sp³-hybridized carbons (Fsp3) is 0.217. The molecule has 27 heavy (non-hydrogen) atoms. The van der Waals surface area contributed by atoms with Gasteiger partial charge in [-0.1, -0.05) is 36.4 Å². The van der Waals surface area contributed by atoms with Crippen molar-refractivity contribution in [3.63, 3.8) is 0 Å². The Labute approximate surface area is 158 Å². The van der Waals surface area contributed by atoms with Crippen molar-refractivity contribution in [1.29, 1.82) is 0 Å². The van der Waals surface area contributed by atoms with E-state index in [1.54, 1.807) is 11.0 Å². The second kappa shape index (κ2) is 6.88. The van der Waals surface area contributed by atoms with Gasteiger partial charge in [-0.25, -0.2) is 0 Å². The summed E-state index contributed by atoms with van der Waals surface area (Å²) in [6.45, 7) is 4.36. The number of ether oxygens (including phenoxy) is 1. The van der Waals surface area contributed by atoms with Crippen molar-refractivity contribution in [3.05, 3.63) is 71.8 Å². The lowest BCUT2D eigenvalue weighted by Gasteiger charge is -2.18. The highest BCUT2D eigenvalue weighted by atomic mass is 16.5. The highest BCUT2D eigenvalue weighted by Gasteiger charge is 2.36. The van der Waals surface area contributed by atoms with E-state index in [2.05, 4.69) is 6.07 Å². The molecular weight excluding hydrogens is 338 g/mol. The van der Waals surface area contributed by atoms with Crippen LogP contribution in [-0.4, -0.2) is 18.4 Å². The van der Waals surface area contributed by atoms with Gasteiger partial charge in [-0.15, -0.1) is 0 Å². The minimum absolute atomic E-state index is 0.0412. The van der Waals surface area contributed by atoms with Crippen LogP contribution in [0.5, 0.6) is 5.75 Å². The van der Waals surface area contributed by atoms with Gasteiger partial charge in [0.2, 0.25) is 5.91 Å². The predicted octanol–water partition coefficient (Wildman–Crippen LogP) is 4.42. The summed E-state index contributed by atoms with van der Waals surface area (Å²) in [5, 5.41) is 2.11. The third-order valence-electron chi connectivity index (χ3n) is 4.92. The standard InChI is InChI=1S/C23H21NO3/c1-15-9-16(2)11-20(10-15)24-14-19(13-22(24)25)23(26)27-21-8-7-17-5-3-4-6-18(17)12-21/h3-12,19H,13-14H2,1-2H3/t19-/m1/s1. The van der Waals surface area contributed by atoms with Crippen LogP contribution in [0, 0.1) is 19.8 Å². The van der Waals surface area contributed by atoms with E-state index in [1.165, 1.54) is 0 Å². The highest BCUT2D eigenvalue weighted by Crippen LogP contribution is 2.28. The highest BCUT2D eigenvalue weighted by molar-refractivity contribution is 6.00. The maximum absolute atomic E-state index is 12.6. The van der Waals surface area contributed by atoms with Crippen molar-refractivity contribution in [1.82, 2.24) is 0 Å². The third-order valence-corrected chi connectivity index (χ3v) is 4.92. The van der Waals surface area contributed by atoms with Gasteiger partial charge < -0.3 is 9.64 Å². The zero-order valence-electron chi connectivity index (χ0n) is 15.4. The second-order valence-corrected chi connectivity index (χ2v) is 7.18. The van der Waals surface area contributed by atoms with Crippen LogP contribution in [0.15, 0.2) is 60.7 Å². The van der Waals surface area contributed by atoms with Gasteiger partial charge in [-0.05, 0) is 60.0 Å². The van der Waals surface area contributed by atoms with Crippen LogP contribution in [-0.2, 0) is 9.59 Å². The molecule has 1 fully saturated rings. The van der Waals surface area contributed by atoms with Crippen molar-refractivity contribution in [3.8, 4) is 5.75 Å². The number of amides is 1. The lowest BCUT2D eigenvalue weighted by molar-refractivity contribution is -0.139. The molecule has 0 spiro atoms. The number of anilines is 1. The van der Waals surface area contributed by atoms with Gasteiger partial charge in [0, 0.05) is 18.7 Å². The molecule has 0 aliphatic carbocycles. The van der Waals surface area contributed by atoms with Crippen molar-refractivity contribution in [2.45, 2.75) is 20.3 Å². The minimum atomic E-state index is -0.454. The molecule has 1 saturated heterocycles. The molecule has 0 radical (unpaired) electrons. The van der Waals surface area contributed by atoms with E-state index in [4.69, 9.17) is 4.74 Å². The number of carbonyl (C=O) groups is 2. The summed E-state index contributed by atoms with van der Waals surface area (Å²) >= 11 is 0. The molecule has 1 atom stereocenters. The van der Waals surface area contributed by atoms with E-state index < -0.39 is 5.92 Å². The van der Waals surface area contributed by atoms with Gasteiger partial charge in [-0.3, -0.25) is 9.59 Å². The molecule has 1 heterocycles. The molecular formula is C23H21NO3. The Kier molecular flexibility index (Phi) is 4.40. The quantitative estimate of drug-likeness (QED) is 0.514. The zero-order valence-corrected chi connectivity index (χ0v) is 15.4. The van der Waals surface area contributed by atoms with Crippen LogP contribution in [0.1, 0.15) is 17.5 Å². The van der Waals surface area contributed by atoms with Crippen LogP contribution >= 0.6 is 0 Å². The summed E-state index contributed by atoms with van der Waals surface area (Å²) < 4.78 is 5.57. The smallest absolute Gasteiger partial charge is 0.316 e. The number of aryl methyl sites for hydroxylation is 2. The van der Waals surface area contributed by atoms with Gasteiger partial charge >= 0.3 is 5.97 Å². The van der Waals surface area contributed by atoms with Gasteiger partial charge in [0.15, 0.2) is 0 Å². The fourth-order valence-electron chi connectivity index (χ4n) is 3.65. The molecule has 4 heteroatoms. The molecule has 136 valence electrons. The molecule has 1 amide bonds. The molecule has 4 rings (SSSR count). The molecule has 3 aromatic rings. The van der Waals surface area contributed by atoms with E-state index in [-0.39, 0.29) is 18.3 Å². The summed E-state index contributed by atoms with van der Waals surface area (Å²) in [4.78, 5) is 26.8. The van der Waals surface area contributed by atoms with E-state index in [0.29, 0.717) is 12.3 Å². The average molecular weight is 359 g/mol. The first-order chi connectivity index (χ1) is 13.0. The van der Waals surface area contributed by atoms with E-state index in [0.717, 1.165) is 27.6 Å². The molecule has 3 aromatic carbocycles. The number of benzene rings is 3. The Balaban J connectivity index is 1.50. The Morgan fingerprint density at radius 1 is 0.963 bits per heavy atom. The summed E-state index contributed by atoms with van der Waals surface area (Å²) in [5.41, 5.74) is 3.04. The molecule has 0 bridgehead atoms. The van der Waals surface area contributed by atoms with Crippen molar-refractivity contribution < 1.29 is 14.3 Å². The molecule has 1 aliphatic heterocycles. The summed E-state index contributed by atoms with van der Waals surface area (Å²) in [6.07, 6.45) is 0.180. The number of hydrogen-bond acceptors (Lipinski definition) is 3. The van der Waals surface area contributed by atoms with Gasteiger partial charge in [0.1, 0.15) is 5.75 Å². The van der Waals surface area contributed by atoms with E-state index >= 15 is 0 Å². The Hall–Kier alpha value is -3.14. The van der Waals surface area contributed by atoms with E-state index in [9.17, 15) is 9.59 Å². The normalized spacial score (nSPS) is 16.7. The average Bonchev–Trinajstić information content (AvgIpc) is 3.03. The number of esters is 1. The zero-order chi connectivity index (χ0) is 19.0. The number of rotatable bonds is 3. The molecule has 0 aromatic heterocycles. The summed E-state index contributed by atoms with van der Waals surface area (Å²) in [5.74, 6) is -0.341. The Bertz CT molecular complexity index is 1020. The second-order valence-electron chi connectivity index (χ2n) is 7.18. The topological polar surface area (TPSA) is 46.6 Å². The number of hydrogen-bond donors (Lipinski definition) is 0. The van der Waals surface area contributed by atoms with Crippen LogP contribution < -0.4 is 9.64 Å². The van der Waals surface area contributed by atoms with Crippen molar-refractivity contribution >= 4 is 28.3 Å². The summed E-state index contributed by atoms with van der Waals surface area (Å²) in [7, 11) is 0. The Morgan fingerprint density at radius 2 is 1.67 bits per heavy atom. The minimum Gasteiger partial charge on any atom is -0.426 e. The first-order valence-corrected chi connectivity index (χ1v) is 9.09. The number of nitrogens with zero attached hydrogens (tertiary/aromatic N) is 1. The van der Waals surface area contributed by atoms with Gasteiger partial charge in [0.05, 0.1) is 5.92 Å². The number of fused-ring (bicyclic) bond motifs is 1. The SMILES string of the molecule is Cc1cc(C)cc(N2C[C@H](C(=O)Oc3ccc4ccccc4c3)CC2=O)c1. The lowest BCUT2D eigenvalue weighted by atomic mass is 10.1. The molecule has 4 nitrogen and oxygen atoms in total. The van der Waals surface area contributed by atoms with Gasteiger partial charge in [0.25, 0.3) is 0 Å². The maximum Gasteiger partial charge on any atom is 0.316 e. The number of carbonyl (C=O) groups excluding carboxylic acids is 2. The Morgan fingerprint density at radius 3 is 2.41 bits per heavy atom. The van der Waals surface area contributed by atoms with Crippen LogP contribution in [0.3, 0.4) is 0 Å². The summed E-state index contributed by atoms with van der Waals surface area (Å²) in [6, 6.07) is 19.5. The molecule has 1 aliphatic rings. The van der Waals surface area contributed by atoms with E-state index in [1.807, 2.05) is 62.4 Å². The molecule has 0 saturated carbocycles. The van der Waals surface area contributed by atoms with Crippen molar-refractivity contribution in [2.24, 2.45) is 5.92 Å².